The first-order valence-corrected chi connectivity index (χ1v) is 13.8. The van der Waals surface area contributed by atoms with Crippen LogP contribution in [0.3, 0.4) is 0 Å². The summed E-state index contributed by atoms with van der Waals surface area (Å²) in [7, 11) is 0. The first-order chi connectivity index (χ1) is 16.4. The number of carbonyl (C=O) groups excluding carboxylic acids is 2. The van der Waals surface area contributed by atoms with Crippen LogP contribution in [-0.2, 0) is 4.74 Å². The molecule has 1 aromatic rings. The van der Waals surface area contributed by atoms with Gasteiger partial charge >= 0.3 is 6.09 Å². The fourth-order valence-corrected chi connectivity index (χ4v) is 4.89. The third-order valence-corrected chi connectivity index (χ3v) is 6.61. The lowest BCUT2D eigenvalue weighted by Crippen LogP contribution is -2.48. The Kier molecular flexibility index (Phi) is 13.4. The van der Waals surface area contributed by atoms with Crippen LogP contribution in [0, 0.1) is 19.3 Å². The largest absolute Gasteiger partial charge is 0.443 e. The van der Waals surface area contributed by atoms with Crippen molar-refractivity contribution in [2.75, 3.05) is 6.54 Å². The molecule has 0 saturated heterocycles. The molecule has 0 bridgehead atoms. The highest BCUT2D eigenvalue weighted by Gasteiger charge is 2.29. The molecule has 0 spiro atoms. The molecule has 0 atom stereocenters. The Morgan fingerprint density at radius 2 is 1.26 bits per heavy atom. The minimum Gasteiger partial charge on any atom is -0.443 e. The van der Waals surface area contributed by atoms with E-state index in [9.17, 15) is 9.59 Å². The van der Waals surface area contributed by atoms with Gasteiger partial charge in [-0.3, -0.25) is 4.79 Å². The summed E-state index contributed by atoms with van der Waals surface area (Å²) in [6.07, 6.45) is 12.4. The van der Waals surface area contributed by atoms with Crippen molar-refractivity contribution in [3.05, 3.63) is 34.9 Å². The zero-order valence-corrected chi connectivity index (χ0v) is 23.9. The van der Waals surface area contributed by atoms with E-state index in [2.05, 4.69) is 26.2 Å². The number of carbonyl (C=O) groups is 2. The van der Waals surface area contributed by atoms with E-state index in [1.165, 1.54) is 62.8 Å². The Balaban J connectivity index is 3.08. The summed E-state index contributed by atoms with van der Waals surface area (Å²) in [6.45, 7) is 16.7. The maximum atomic E-state index is 13.5. The fourth-order valence-electron chi connectivity index (χ4n) is 4.89. The molecule has 200 valence electrons. The molecule has 1 aromatic carbocycles. The fraction of sp³-hybridized carbons (Fsp3) is 0.733. The van der Waals surface area contributed by atoms with Crippen LogP contribution in [0.1, 0.15) is 134 Å². The van der Waals surface area contributed by atoms with Gasteiger partial charge in [-0.05, 0) is 84.3 Å². The molecule has 0 aliphatic carbocycles. The third kappa shape index (κ3) is 12.0. The molecule has 0 aromatic heterocycles. The molecular weight excluding hydrogens is 436 g/mol. The van der Waals surface area contributed by atoms with Gasteiger partial charge < -0.3 is 4.74 Å². The van der Waals surface area contributed by atoms with Crippen LogP contribution in [0.15, 0.2) is 18.2 Å². The van der Waals surface area contributed by atoms with E-state index in [1.807, 2.05) is 52.8 Å². The standard InChI is InChI=1S/C30H52N2O3/c1-9-12-16-30(17-13-10-2,18-14-11-3)19-15-20-32(31-28(34)35-29(6,7)8)27(33)26-22-24(4)21-25(5)23-26/h21-23H,9-20H2,1-8H3,(H,31,34). The van der Waals surface area contributed by atoms with Gasteiger partial charge in [-0.15, -0.1) is 0 Å². The molecule has 0 saturated carbocycles. The van der Waals surface area contributed by atoms with Crippen LogP contribution in [0.2, 0.25) is 0 Å². The van der Waals surface area contributed by atoms with E-state index < -0.39 is 11.7 Å². The summed E-state index contributed by atoms with van der Waals surface area (Å²) in [5, 5.41) is 1.46. The van der Waals surface area contributed by atoms with Gasteiger partial charge in [0.1, 0.15) is 5.60 Å². The second kappa shape index (κ2) is 15.2. The van der Waals surface area contributed by atoms with Crippen molar-refractivity contribution in [2.24, 2.45) is 5.41 Å². The normalized spacial score (nSPS) is 11.9. The van der Waals surface area contributed by atoms with E-state index in [0.717, 1.165) is 24.0 Å². The number of nitrogens with one attached hydrogen (secondary N) is 1. The molecular formula is C30H52N2O3. The smallest absolute Gasteiger partial charge is 0.426 e. The summed E-state index contributed by atoms with van der Waals surface area (Å²) in [6, 6.07) is 5.81. The predicted molar refractivity (Wildman–Crippen MR) is 147 cm³/mol. The number of nitrogens with zero attached hydrogens (tertiary/aromatic N) is 1. The van der Waals surface area contributed by atoms with Crippen molar-refractivity contribution in [2.45, 2.75) is 132 Å². The molecule has 5 nitrogen and oxygen atoms in total. The second-order valence-electron chi connectivity index (χ2n) is 11.4. The maximum Gasteiger partial charge on any atom is 0.426 e. The lowest BCUT2D eigenvalue weighted by atomic mass is 9.71. The zero-order chi connectivity index (χ0) is 26.5. The number of hydrogen-bond donors (Lipinski definition) is 1. The Hall–Kier alpha value is -2.04. The van der Waals surface area contributed by atoms with Crippen molar-refractivity contribution < 1.29 is 14.3 Å². The van der Waals surface area contributed by atoms with Gasteiger partial charge in [-0.1, -0.05) is 76.5 Å². The number of unbranched alkanes of at least 4 members (excludes halogenated alkanes) is 3. The Morgan fingerprint density at radius 1 is 0.800 bits per heavy atom. The van der Waals surface area contributed by atoms with E-state index >= 15 is 0 Å². The molecule has 0 aliphatic heterocycles. The average Bonchev–Trinajstić information content (AvgIpc) is 2.76. The number of benzene rings is 1. The number of aryl methyl sites for hydroxylation is 2. The molecule has 0 radical (unpaired) electrons. The lowest BCUT2D eigenvalue weighted by molar-refractivity contribution is 0.0283. The van der Waals surface area contributed by atoms with E-state index in [-0.39, 0.29) is 5.91 Å². The van der Waals surface area contributed by atoms with E-state index in [1.54, 1.807) is 0 Å². The first-order valence-electron chi connectivity index (χ1n) is 13.8. The van der Waals surface area contributed by atoms with Gasteiger partial charge in [0.25, 0.3) is 5.91 Å². The number of hydrogen-bond acceptors (Lipinski definition) is 3. The predicted octanol–water partition coefficient (Wildman–Crippen LogP) is 8.52. The van der Waals surface area contributed by atoms with Crippen molar-refractivity contribution in [1.82, 2.24) is 10.4 Å². The van der Waals surface area contributed by atoms with Crippen molar-refractivity contribution in [1.29, 1.82) is 0 Å². The lowest BCUT2D eigenvalue weighted by Gasteiger charge is -2.35. The van der Waals surface area contributed by atoms with Crippen LogP contribution in [-0.4, -0.2) is 29.2 Å². The van der Waals surface area contributed by atoms with Crippen LogP contribution in [0.5, 0.6) is 0 Å². The van der Waals surface area contributed by atoms with Crippen LogP contribution in [0.25, 0.3) is 0 Å². The van der Waals surface area contributed by atoms with Crippen molar-refractivity contribution >= 4 is 12.0 Å². The number of amides is 2. The quantitative estimate of drug-likeness (QED) is 0.267. The Bertz CT molecular complexity index is 740. The minimum atomic E-state index is -0.631. The van der Waals surface area contributed by atoms with Crippen molar-refractivity contribution in [3.63, 3.8) is 0 Å². The molecule has 2 amide bonds. The van der Waals surface area contributed by atoms with Gasteiger partial charge in [0.2, 0.25) is 0 Å². The Morgan fingerprint density at radius 3 is 1.69 bits per heavy atom. The SMILES string of the molecule is CCCCC(CCCC)(CCCC)CCCN(NC(=O)OC(C)(C)C)C(=O)c1cc(C)cc(C)c1. The summed E-state index contributed by atoms with van der Waals surface area (Å²) in [5.41, 5.74) is 5.09. The van der Waals surface area contributed by atoms with E-state index in [4.69, 9.17) is 4.74 Å². The molecule has 0 unspecified atom stereocenters. The summed E-state index contributed by atoms with van der Waals surface area (Å²) < 4.78 is 5.46. The number of rotatable bonds is 14. The highest BCUT2D eigenvalue weighted by atomic mass is 16.6. The highest BCUT2D eigenvalue weighted by Crippen LogP contribution is 2.41. The van der Waals surface area contributed by atoms with Crippen LogP contribution < -0.4 is 5.43 Å². The summed E-state index contributed by atoms with van der Waals surface area (Å²) in [4.78, 5) is 26.1. The van der Waals surface area contributed by atoms with Crippen molar-refractivity contribution in [3.8, 4) is 0 Å². The molecule has 5 heteroatoms. The molecule has 1 rings (SSSR count). The first kappa shape index (κ1) is 31.0. The number of hydrazine groups is 1. The summed E-state index contributed by atoms with van der Waals surface area (Å²) >= 11 is 0. The highest BCUT2D eigenvalue weighted by molar-refractivity contribution is 5.95. The monoisotopic (exact) mass is 488 g/mol. The maximum absolute atomic E-state index is 13.5. The zero-order valence-electron chi connectivity index (χ0n) is 23.9. The van der Waals surface area contributed by atoms with Crippen LogP contribution in [0.4, 0.5) is 4.79 Å². The molecule has 35 heavy (non-hydrogen) atoms. The number of ether oxygens (including phenoxy) is 1. The third-order valence-electron chi connectivity index (χ3n) is 6.61. The van der Waals surface area contributed by atoms with E-state index in [0.29, 0.717) is 17.5 Å². The molecule has 1 N–H and O–H groups in total. The minimum absolute atomic E-state index is 0.191. The average molecular weight is 489 g/mol. The molecule has 0 fully saturated rings. The molecule has 0 aliphatic rings. The molecule has 0 heterocycles. The topological polar surface area (TPSA) is 58.6 Å². The van der Waals surface area contributed by atoms with Gasteiger partial charge in [-0.25, -0.2) is 15.2 Å². The second-order valence-corrected chi connectivity index (χ2v) is 11.4. The Labute approximate surface area is 215 Å². The van der Waals surface area contributed by atoms with Crippen LogP contribution >= 0.6 is 0 Å². The van der Waals surface area contributed by atoms with Gasteiger partial charge in [-0.2, -0.15) is 0 Å². The summed E-state index contributed by atoms with van der Waals surface area (Å²) in [5.74, 6) is -0.191. The van der Waals surface area contributed by atoms with Gasteiger partial charge in [0.05, 0.1) is 0 Å². The van der Waals surface area contributed by atoms with Gasteiger partial charge in [0.15, 0.2) is 0 Å². The van der Waals surface area contributed by atoms with Gasteiger partial charge in [0, 0.05) is 12.1 Å².